The number of piperidine rings is 1. The van der Waals surface area contributed by atoms with Gasteiger partial charge in [-0.1, -0.05) is 24.6 Å². The normalized spacial score (nSPS) is 18.1. The Hall–Kier alpha value is -1.82. The van der Waals surface area contributed by atoms with Crippen molar-refractivity contribution in [2.24, 2.45) is 10.9 Å². The average Bonchev–Trinajstić information content (AvgIpc) is 2.62. The summed E-state index contributed by atoms with van der Waals surface area (Å²) in [6.07, 6.45) is 5.44. The Bertz CT molecular complexity index is 575. The number of guanidine groups is 1. The molecule has 1 amide bonds. The topological polar surface area (TPSA) is 69.6 Å². The number of nitrogens with one attached hydrogen (secondary N) is 2. The van der Waals surface area contributed by atoms with Gasteiger partial charge in [-0.3, -0.25) is 9.79 Å². The summed E-state index contributed by atoms with van der Waals surface area (Å²) in [7, 11) is 1.73. The molecule has 0 spiro atoms. The molecule has 1 aromatic rings. The second-order valence-corrected chi connectivity index (χ2v) is 6.89. The van der Waals surface area contributed by atoms with Gasteiger partial charge < -0.3 is 15.5 Å². The van der Waals surface area contributed by atoms with Gasteiger partial charge in [0.15, 0.2) is 5.96 Å². The van der Waals surface area contributed by atoms with Crippen molar-refractivity contribution in [1.82, 2.24) is 20.5 Å². The van der Waals surface area contributed by atoms with E-state index in [-0.39, 0.29) is 5.91 Å². The number of hydrogen-bond acceptors (Lipinski definition) is 3. The number of amides is 1. The summed E-state index contributed by atoms with van der Waals surface area (Å²) in [5.41, 5.74) is 1.11. The lowest BCUT2D eigenvalue weighted by Gasteiger charge is -2.31. The molecule has 2 N–H and O–H groups in total. The first kappa shape index (κ1) is 19.5. The minimum Gasteiger partial charge on any atom is -0.356 e. The molecule has 0 aliphatic carbocycles. The number of hydrogen-bond donors (Lipinski definition) is 2. The van der Waals surface area contributed by atoms with E-state index in [0.717, 1.165) is 38.0 Å². The van der Waals surface area contributed by atoms with Crippen molar-refractivity contribution in [3.05, 3.63) is 29.0 Å². The third-order valence-electron chi connectivity index (χ3n) is 4.36. The minimum atomic E-state index is 0.224. The van der Waals surface area contributed by atoms with E-state index in [1.165, 1.54) is 6.42 Å². The molecule has 138 valence electrons. The number of halogens is 1. The maximum Gasteiger partial charge on any atom is 0.224 e. The molecule has 0 aromatic carbocycles. The fourth-order valence-corrected chi connectivity index (χ4v) is 3.07. The SMILES string of the molecule is CN=C(NCCC(=O)N1CCCC(C)C1)NCCc1ccc(Cl)nc1. The van der Waals surface area contributed by atoms with Gasteiger partial charge in [-0.25, -0.2) is 4.98 Å². The molecule has 0 bridgehead atoms. The van der Waals surface area contributed by atoms with Gasteiger partial charge in [-0.05, 0) is 36.8 Å². The first-order chi connectivity index (χ1) is 12.1. The highest BCUT2D eigenvalue weighted by Gasteiger charge is 2.20. The quantitative estimate of drug-likeness (QED) is 0.460. The Labute approximate surface area is 155 Å². The fourth-order valence-electron chi connectivity index (χ4n) is 2.96. The summed E-state index contributed by atoms with van der Waals surface area (Å²) in [4.78, 5) is 22.5. The Kier molecular flexibility index (Phi) is 7.98. The number of nitrogens with zero attached hydrogens (tertiary/aromatic N) is 3. The summed E-state index contributed by atoms with van der Waals surface area (Å²) in [6, 6.07) is 3.75. The van der Waals surface area contributed by atoms with Gasteiger partial charge in [-0.15, -0.1) is 0 Å². The van der Waals surface area contributed by atoms with Crippen molar-refractivity contribution in [2.45, 2.75) is 32.6 Å². The van der Waals surface area contributed by atoms with Crippen molar-refractivity contribution in [1.29, 1.82) is 0 Å². The van der Waals surface area contributed by atoms with Crippen LogP contribution in [-0.4, -0.2) is 55.0 Å². The molecule has 1 unspecified atom stereocenters. The number of aliphatic imine (C=N–C) groups is 1. The number of likely N-dealkylation sites (tertiary alicyclic amines) is 1. The molecular formula is C18H28ClN5O. The molecule has 0 radical (unpaired) electrons. The molecule has 1 saturated heterocycles. The van der Waals surface area contributed by atoms with Crippen LogP contribution < -0.4 is 10.6 Å². The number of carbonyl (C=O) groups excluding carboxylic acids is 1. The summed E-state index contributed by atoms with van der Waals surface area (Å²) >= 11 is 5.78. The van der Waals surface area contributed by atoms with Crippen LogP contribution in [0.2, 0.25) is 5.15 Å². The summed E-state index contributed by atoms with van der Waals surface area (Å²) in [5, 5.41) is 6.95. The van der Waals surface area contributed by atoms with E-state index in [1.807, 2.05) is 11.0 Å². The first-order valence-corrected chi connectivity index (χ1v) is 9.29. The Morgan fingerprint density at radius 3 is 2.88 bits per heavy atom. The lowest BCUT2D eigenvalue weighted by molar-refractivity contribution is -0.132. The zero-order valence-corrected chi connectivity index (χ0v) is 15.9. The van der Waals surface area contributed by atoms with Crippen molar-refractivity contribution in [3.63, 3.8) is 0 Å². The highest BCUT2D eigenvalue weighted by atomic mass is 35.5. The van der Waals surface area contributed by atoms with E-state index in [2.05, 4.69) is 27.5 Å². The van der Waals surface area contributed by atoms with Crippen LogP contribution in [0, 0.1) is 5.92 Å². The number of aromatic nitrogens is 1. The largest absolute Gasteiger partial charge is 0.356 e. The van der Waals surface area contributed by atoms with Gasteiger partial charge in [0.05, 0.1) is 0 Å². The predicted molar refractivity (Wildman–Crippen MR) is 102 cm³/mol. The maximum absolute atomic E-state index is 12.2. The van der Waals surface area contributed by atoms with Crippen LogP contribution in [0.15, 0.2) is 23.3 Å². The van der Waals surface area contributed by atoms with Gasteiger partial charge in [0.1, 0.15) is 5.15 Å². The predicted octanol–water partition coefficient (Wildman–Crippen LogP) is 2.09. The molecule has 1 aromatic heterocycles. The van der Waals surface area contributed by atoms with Crippen LogP contribution in [0.3, 0.4) is 0 Å². The van der Waals surface area contributed by atoms with E-state index in [9.17, 15) is 4.79 Å². The fraction of sp³-hybridized carbons (Fsp3) is 0.611. The third kappa shape index (κ3) is 6.90. The lowest BCUT2D eigenvalue weighted by Crippen LogP contribution is -2.42. The van der Waals surface area contributed by atoms with Gasteiger partial charge >= 0.3 is 0 Å². The van der Waals surface area contributed by atoms with Crippen LogP contribution in [0.4, 0.5) is 0 Å². The monoisotopic (exact) mass is 365 g/mol. The van der Waals surface area contributed by atoms with Crippen LogP contribution in [0.5, 0.6) is 0 Å². The van der Waals surface area contributed by atoms with Gasteiger partial charge in [-0.2, -0.15) is 0 Å². The van der Waals surface area contributed by atoms with Gasteiger partial charge in [0, 0.05) is 45.8 Å². The second kappa shape index (κ2) is 10.2. The summed E-state index contributed by atoms with van der Waals surface area (Å²) in [6.45, 7) is 5.32. The molecular weight excluding hydrogens is 338 g/mol. The van der Waals surface area contributed by atoms with Crippen molar-refractivity contribution >= 4 is 23.5 Å². The minimum absolute atomic E-state index is 0.224. The van der Waals surface area contributed by atoms with E-state index < -0.39 is 0 Å². The van der Waals surface area contributed by atoms with E-state index in [0.29, 0.717) is 30.0 Å². The van der Waals surface area contributed by atoms with E-state index >= 15 is 0 Å². The molecule has 25 heavy (non-hydrogen) atoms. The van der Waals surface area contributed by atoms with Crippen molar-refractivity contribution in [2.75, 3.05) is 33.2 Å². The molecule has 0 saturated carbocycles. The highest BCUT2D eigenvalue weighted by Crippen LogP contribution is 2.15. The van der Waals surface area contributed by atoms with Crippen LogP contribution >= 0.6 is 11.6 Å². The van der Waals surface area contributed by atoms with Crippen LogP contribution in [-0.2, 0) is 11.2 Å². The maximum atomic E-state index is 12.2. The Balaban J connectivity index is 1.64. The number of carbonyl (C=O) groups is 1. The smallest absolute Gasteiger partial charge is 0.224 e. The van der Waals surface area contributed by atoms with Crippen molar-refractivity contribution < 1.29 is 4.79 Å². The molecule has 7 heteroatoms. The van der Waals surface area contributed by atoms with Gasteiger partial charge in [0.25, 0.3) is 0 Å². The Morgan fingerprint density at radius 2 is 2.20 bits per heavy atom. The van der Waals surface area contributed by atoms with E-state index in [1.54, 1.807) is 19.3 Å². The molecule has 2 heterocycles. The number of pyridine rings is 1. The molecule has 1 aliphatic rings. The molecule has 1 atom stereocenters. The summed E-state index contributed by atoms with van der Waals surface area (Å²) < 4.78 is 0. The van der Waals surface area contributed by atoms with Crippen molar-refractivity contribution in [3.8, 4) is 0 Å². The standard InChI is InChI=1S/C18H28ClN5O/c1-14-4-3-11-24(13-14)17(25)8-10-22-18(20-2)21-9-7-15-5-6-16(19)23-12-15/h5-6,12,14H,3-4,7-11,13H2,1-2H3,(H2,20,21,22). The first-order valence-electron chi connectivity index (χ1n) is 8.91. The highest BCUT2D eigenvalue weighted by molar-refractivity contribution is 6.29. The van der Waals surface area contributed by atoms with Crippen LogP contribution in [0.1, 0.15) is 31.7 Å². The Morgan fingerprint density at radius 1 is 1.40 bits per heavy atom. The lowest BCUT2D eigenvalue weighted by atomic mass is 10.00. The average molecular weight is 366 g/mol. The molecule has 2 rings (SSSR count). The van der Waals surface area contributed by atoms with E-state index in [4.69, 9.17) is 11.6 Å². The number of rotatable bonds is 6. The van der Waals surface area contributed by atoms with Crippen LogP contribution in [0.25, 0.3) is 0 Å². The zero-order chi connectivity index (χ0) is 18.1. The molecule has 1 aliphatic heterocycles. The summed E-state index contributed by atoms with van der Waals surface area (Å²) in [5.74, 6) is 1.55. The van der Waals surface area contributed by atoms with Gasteiger partial charge in [0.2, 0.25) is 5.91 Å². The molecule has 6 nitrogen and oxygen atoms in total. The molecule has 1 fully saturated rings. The second-order valence-electron chi connectivity index (χ2n) is 6.50. The third-order valence-corrected chi connectivity index (χ3v) is 4.58. The zero-order valence-electron chi connectivity index (χ0n) is 15.1.